The molecule has 0 unspecified atom stereocenters. The molecule has 0 atom stereocenters. The zero-order valence-corrected chi connectivity index (χ0v) is 8.15. The van der Waals surface area contributed by atoms with E-state index >= 15 is 0 Å². The van der Waals surface area contributed by atoms with Crippen molar-refractivity contribution in [3.63, 3.8) is 0 Å². The first-order chi connectivity index (χ1) is 1.91. The maximum atomic E-state index is 2.18. The van der Waals surface area contributed by atoms with E-state index in [9.17, 15) is 0 Å². The van der Waals surface area contributed by atoms with Gasteiger partial charge >= 0.3 is 29.6 Å². The van der Waals surface area contributed by atoms with Crippen molar-refractivity contribution in [2.45, 2.75) is 26.7 Å². The average molecular weight is 114 g/mol. The second kappa shape index (κ2) is 16.1. The van der Waals surface area contributed by atoms with Gasteiger partial charge in [0.2, 0.25) is 0 Å². The minimum absolute atomic E-state index is 0. The summed E-state index contributed by atoms with van der Waals surface area (Å²) in [6.07, 6.45) is 2.64. The molecule has 0 aromatic heterocycles. The van der Waals surface area contributed by atoms with Crippen molar-refractivity contribution < 1.29 is 29.6 Å². The Labute approximate surface area is 66.0 Å². The van der Waals surface area contributed by atoms with Crippen LogP contribution in [0.25, 0.3) is 0 Å². The summed E-state index contributed by atoms with van der Waals surface area (Å²) in [5.41, 5.74) is 0. The molecule has 0 amide bonds. The normalized spacial score (nSPS) is 5.00. The molecule has 0 N–H and O–H groups in total. The van der Waals surface area contributed by atoms with Crippen molar-refractivity contribution >= 4 is 9.90 Å². The van der Waals surface area contributed by atoms with Crippen molar-refractivity contribution in [1.82, 2.24) is 0 Å². The van der Waals surface area contributed by atoms with Crippen LogP contribution in [0.5, 0.6) is 0 Å². The fourth-order valence-electron chi connectivity index (χ4n) is 0. The van der Waals surface area contributed by atoms with Gasteiger partial charge in [-0.15, -0.1) is 0 Å². The Morgan fingerprint density at radius 1 is 1.00 bits per heavy atom. The Morgan fingerprint density at radius 3 is 1.17 bits per heavy atom. The van der Waals surface area contributed by atoms with Gasteiger partial charge in [0.15, 0.2) is 0 Å². The Kier molecular flexibility index (Phi) is 42.0. The van der Waals surface area contributed by atoms with Crippen LogP contribution in [0.3, 0.4) is 0 Å². The van der Waals surface area contributed by atoms with Crippen LogP contribution in [-0.4, -0.2) is 0 Å². The molecule has 34 valence electrons. The van der Waals surface area contributed by atoms with Gasteiger partial charge in [-0.1, -0.05) is 26.7 Å². The number of rotatable bonds is 1. The van der Waals surface area contributed by atoms with E-state index in [-0.39, 0.29) is 39.5 Å². The summed E-state index contributed by atoms with van der Waals surface area (Å²) in [5.74, 6) is 0. The van der Waals surface area contributed by atoms with Gasteiger partial charge < -0.3 is 9.90 Å². The summed E-state index contributed by atoms with van der Waals surface area (Å²) in [7, 11) is 0. The average Bonchev–Trinajstić information content (AvgIpc) is 1.37. The summed E-state index contributed by atoms with van der Waals surface area (Å²) in [6, 6.07) is 0. The molecule has 0 rings (SSSR count). The Hall–Kier alpha value is 1.43. The molecule has 0 aliphatic carbocycles. The van der Waals surface area contributed by atoms with E-state index in [0.717, 1.165) is 0 Å². The van der Waals surface area contributed by atoms with Crippen LogP contribution in [0.4, 0.5) is 0 Å². The zero-order chi connectivity index (χ0) is 3.41. The minimum atomic E-state index is 0. The van der Waals surface area contributed by atoms with E-state index in [2.05, 4.69) is 13.8 Å². The third kappa shape index (κ3) is 18.0. The Morgan fingerprint density at radius 2 is 1.17 bits per heavy atom. The van der Waals surface area contributed by atoms with Crippen LogP contribution >= 0.6 is 9.90 Å². The molecule has 0 saturated carbocycles. The van der Waals surface area contributed by atoms with Crippen molar-refractivity contribution in [1.29, 1.82) is 0 Å². The summed E-state index contributed by atoms with van der Waals surface area (Å²) in [4.78, 5) is 0. The van der Waals surface area contributed by atoms with Crippen LogP contribution in [0.15, 0.2) is 0 Å². The predicted molar refractivity (Wildman–Crippen MR) is 30.3 cm³/mol. The fraction of sp³-hybridized carbons (Fsp3) is 1.00. The van der Waals surface area contributed by atoms with Gasteiger partial charge in [-0.25, -0.2) is 0 Å². The molecule has 2 heteroatoms. The van der Waals surface area contributed by atoms with E-state index < -0.39 is 0 Å². The first-order valence-electron chi connectivity index (χ1n) is 1.91. The quantitative estimate of drug-likeness (QED) is 0.307. The summed E-state index contributed by atoms with van der Waals surface area (Å²) >= 11 is 0. The smallest absolute Gasteiger partial charge is 0.577 e. The molecule has 0 aromatic rings. The molecule has 0 spiro atoms. The van der Waals surface area contributed by atoms with E-state index in [0.29, 0.717) is 0 Å². The Bertz CT molecular complexity index is 9.51. The first-order valence-corrected chi connectivity index (χ1v) is 1.91. The van der Waals surface area contributed by atoms with E-state index in [1.807, 2.05) is 0 Å². The van der Waals surface area contributed by atoms with Gasteiger partial charge in [0.05, 0.1) is 0 Å². The van der Waals surface area contributed by atoms with Crippen molar-refractivity contribution in [3.8, 4) is 0 Å². The van der Waals surface area contributed by atoms with Crippen molar-refractivity contribution in [2.24, 2.45) is 0 Å². The van der Waals surface area contributed by atoms with Gasteiger partial charge in [0.25, 0.3) is 0 Å². The van der Waals surface area contributed by atoms with Crippen molar-refractivity contribution in [2.75, 3.05) is 0 Å². The second-order valence-corrected chi connectivity index (χ2v) is 1.000. The molecule has 0 radical (unpaired) electrons. The predicted octanol–water partition coefficient (Wildman–Crippen LogP) is -0.864. The molecule has 0 saturated heterocycles. The van der Waals surface area contributed by atoms with Gasteiger partial charge in [-0.3, -0.25) is 0 Å². The molecule has 0 aliphatic heterocycles. The molecule has 0 aromatic carbocycles. The molecular formula is C4H12NaP. The Balaban J connectivity index is -0.0000000450. The van der Waals surface area contributed by atoms with E-state index in [1.54, 1.807) is 0 Å². The topological polar surface area (TPSA) is 0 Å². The zero-order valence-electron chi connectivity index (χ0n) is 4.99. The van der Waals surface area contributed by atoms with Crippen LogP contribution < -0.4 is 29.6 Å². The molecule has 6 heavy (non-hydrogen) atoms. The molecule has 0 bridgehead atoms. The van der Waals surface area contributed by atoms with Crippen LogP contribution in [0.2, 0.25) is 0 Å². The summed E-state index contributed by atoms with van der Waals surface area (Å²) in [5, 5.41) is 0. The van der Waals surface area contributed by atoms with Gasteiger partial charge in [0, 0.05) is 0 Å². The minimum Gasteiger partial charge on any atom is -0.577 e. The molecule has 0 fully saturated rings. The van der Waals surface area contributed by atoms with Crippen molar-refractivity contribution in [3.05, 3.63) is 0 Å². The summed E-state index contributed by atoms with van der Waals surface area (Å²) < 4.78 is 0. The monoisotopic (exact) mass is 114 g/mol. The maximum absolute atomic E-state index is 2.18. The van der Waals surface area contributed by atoms with Gasteiger partial charge in [0.1, 0.15) is 0 Å². The molecule has 0 aliphatic rings. The number of unbranched alkanes of at least 4 members (excludes halogenated alkanes) is 1. The second-order valence-electron chi connectivity index (χ2n) is 1.000. The maximum Gasteiger partial charge on any atom is 1.00 e. The molecular weight excluding hydrogens is 102 g/mol. The first kappa shape index (κ1) is 15.7. The van der Waals surface area contributed by atoms with Crippen LogP contribution in [0.1, 0.15) is 26.7 Å². The molecule has 0 nitrogen and oxygen atoms in total. The van der Waals surface area contributed by atoms with Crippen LogP contribution in [0, 0.1) is 0 Å². The number of hydrogen-bond donors (Lipinski definition) is 0. The summed E-state index contributed by atoms with van der Waals surface area (Å²) in [6.45, 7) is 4.36. The van der Waals surface area contributed by atoms with Gasteiger partial charge in [-0.05, 0) is 0 Å². The van der Waals surface area contributed by atoms with Crippen LogP contribution in [-0.2, 0) is 0 Å². The SMILES string of the molecule is CCCC.[Na+].[PH2-]. The van der Waals surface area contributed by atoms with E-state index in [4.69, 9.17) is 0 Å². The van der Waals surface area contributed by atoms with Gasteiger partial charge in [-0.2, -0.15) is 0 Å². The molecule has 0 heterocycles. The third-order valence-electron chi connectivity index (χ3n) is 0.500. The third-order valence-corrected chi connectivity index (χ3v) is 0.500. The van der Waals surface area contributed by atoms with E-state index in [1.165, 1.54) is 12.8 Å². The number of hydrogen-bond acceptors (Lipinski definition) is 0. The standard InChI is InChI=1S/C4H10.Na.H2P/c1-3-4-2;;/h3-4H2,1-2H3;;1H2/q;+1;-1. The fourth-order valence-corrected chi connectivity index (χ4v) is 0. The largest absolute Gasteiger partial charge is 1.00 e.